The van der Waals surface area contributed by atoms with Gasteiger partial charge in [0.15, 0.2) is 0 Å². The molecule has 0 unspecified atom stereocenters. The molecule has 0 fully saturated rings. The molecule has 0 saturated heterocycles. The molecule has 0 bridgehead atoms. The van der Waals surface area contributed by atoms with Gasteiger partial charge in [-0.1, -0.05) is 27.7 Å². The van der Waals surface area contributed by atoms with Crippen molar-refractivity contribution in [3.8, 4) is 0 Å². The Balaban J connectivity index is 2.29. The summed E-state index contributed by atoms with van der Waals surface area (Å²) >= 11 is 0. The molecular formula is C13H25N3. The smallest absolute Gasteiger partial charge is 0.0534 e. The fraction of sp³-hybridized carbons (Fsp3) is 0.769. The van der Waals surface area contributed by atoms with Crippen LogP contribution in [0.2, 0.25) is 0 Å². The van der Waals surface area contributed by atoms with Crippen LogP contribution in [0.4, 0.5) is 0 Å². The molecule has 0 aliphatic carbocycles. The predicted octanol–water partition coefficient (Wildman–Crippen LogP) is 2.58. The summed E-state index contributed by atoms with van der Waals surface area (Å²) in [5.41, 5.74) is 1.62. The van der Waals surface area contributed by atoms with Crippen LogP contribution in [-0.4, -0.2) is 16.3 Å². The second-order valence-corrected chi connectivity index (χ2v) is 5.89. The van der Waals surface area contributed by atoms with E-state index in [-0.39, 0.29) is 0 Å². The van der Waals surface area contributed by atoms with E-state index in [4.69, 9.17) is 0 Å². The van der Waals surface area contributed by atoms with Gasteiger partial charge in [0.25, 0.3) is 0 Å². The lowest BCUT2D eigenvalue weighted by Gasteiger charge is -2.27. The quantitative estimate of drug-likeness (QED) is 0.803. The Morgan fingerprint density at radius 3 is 2.62 bits per heavy atom. The molecule has 1 heterocycles. The number of aromatic nitrogens is 2. The minimum Gasteiger partial charge on any atom is -0.312 e. The van der Waals surface area contributed by atoms with Gasteiger partial charge in [-0.2, -0.15) is 5.10 Å². The number of nitrogens with zero attached hydrogens (tertiary/aromatic N) is 2. The summed E-state index contributed by atoms with van der Waals surface area (Å²) in [6, 6.07) is 0. The van der Waals surface area contributed by atoms with Gasteiger partial charge in [0.1, 0.15) is 0 Å². The zero-order chi connectivity index (χ0) is 12.2. The third-order valence-corrected chi connectivity index (χ3v) is 2.65. The van der Waals surface area contributed by atoms with Gasteiger partial charge in [-0.3, -0.25) is 4.68 Å². The first-order valence-electron chi connectivity index (χ1n) is 6.07. The zero-order valence-electron chi connectivity index (χ0n) is 11.2. The van der Waals surface area contributed by atoms with Crippen LogP contribution in [0.5, 0.6) is 0 Å². The summed E-state index contributed by atoms with van der Waals surface area (Å²) in [5, 5.41) is 7.66. The summed E-state index contributed by atoms with van der Waals surface area (Å²) < 4.78 is 1.84. The average Bonchev–Trinajstić information content (AvgIpc) is 2.48. The van der Waals surface area contributed by atoms with Gasteiger partial charge in [0, 0.05) is 31.9 Å². The van der Waals surface area contributed by atoms with Gasteiger partial charge in [0.05, 0.1) is 6.20 Å². The lowest BCUT2D eigenvalue weighted by atomic mass is 9.84. The molecule has 0 amide bonds. The second-order valence-electron chi connectivity index (χ2n) is 5.89. The van der Waals surface area contributed by atoms with Crippen LogP contribution < -0.4 is 5.32 Å². The first-order chi connectivity index (χ1) is 7.39. The van der Waals surface area contributed by atoms with Crippen LogP contribution in [0.15, 0.2) is 12.4 Å². The molecule has 3 nitrogen and oxygen atoms in total. The fourth-order valence-corrected chi connectivity index (χ4v) is 2.29. The van der Waals surface area contributed by atoms with Crippen molar-refractivity contribution in [2.75, 3.05) is 6.54 Å². The Bertz CT molecular complexity index is 313. The molecule has 3 heteroatoms. The minimum absolute atomic E-state index is 0.371. The fourth-order valence-electron chi connectivity index (χ4n) is 2.29. The summed E-state index contributed by atoms with van der Waals surface area (Å²) in [6.07, 6.45) is 5.23. The van der Waals surface area contributed by atoms with Crippen molar-refractivity contribution in [1.82, 2.24) is 15.1 Å². The van der Waals surface area contributed by atoms with E-state index in [0.717, 1.165) is 19.0 Å². The largest absolute Gasteiger partial charge is 0.312 e. The highest BCUT2D eigenvalue weighted by Gasteiger charge is 2.18. The Morgan fingerprint density at radius 1 is 1.44 bits per heavy atom. The molecule has 92 valence electrons. The van der Waals surface area contributed by atoms with Gasteiger partial charge in [-0.05, 0) is 17.8 Å². The van der Waals surface area contributed by atoms with Crippen LogP contribution in [0.3, 0.4) is 0 Å². The van der Waals surface area contributed by atoms with Crippen LogP contribution in [0.25, 0.3) is 0 Å². The highest BCUT2D eigenvalue weighted by Crippen LogP contribution is 2.24. The number of aryl methyl sites for hydroxylation is 1. The Hall–Kier alpha value is -0.830. The van der Waals surface area contributed by atoms with Crippen LogP contribution >= 0.6 is 0 Å². The Kier molecular flexibility index (Phi) is 4.54. The first kappa shape index (κ1) is 13.2. The highest BCUT2D eigenvalue weighted by atomic mass is 15.2. The van der Waals surface area contributed by atoms with E-state index in [9.17, 15) is 0 Å². The maximum Gasteiger partial charge on any atom is 0.0534 e. The van der Waals surface area contributed by atoms with Crippen LogP contribution in [0.1, 0.15) is 39.7 Å². The summed E-state index contributed by atoms with van der Waals surface area (Å²) in [4.78, 5) is 0. The minimum atomic E-state index is 0.371. The molecule has 0 aromatic carbocycles. The topological polar surface area (TPSA) is 29.9 Å². The predicted molar refractivity (Wildman–Crippen MR) is 68.2 cm³/mol. The lowest BCUT2D eigenvalue weighted by molar-refractivity contribution is 0.273. The molecule has 1 aromatic heterocycles. The molecule has 1 rings (SSSR count). The maximum absolute atomic E-state index is 4.16. The Morgan fingerprint density at radius 2 is 2.12 bits per heavy atom. The monoisotopic (exact) mass is 223 g/mol. The summed E-state index contributed by atoms with van der Waals surface area (Å²) in [6.45, 7) is 11.2. The SMILES string of the molecule is CC(C)CC(C)(C)CNCc1cnn(C)c1. The molecule has 0 aliphatic rings. The number of rotatable bonds is 6. The molecule has 1 aromatic rings. The molecule has 0 atom stereocenters. The number of hydrogen-bond donors (Lipinski definition) is 1. The molecule has 0 radical (unpaired) electrons. The van der Waals surface area contributed by atoms with Crippen molar-refractivity contribution in [2.45, 2.75) is 40.7 Å². The standard InChI is InChI=1S/C13H25N3/c1-11(2)6-13(3,4)10-14-7-12-8-15-16(5)9-12/h8-9,11,14H,6-7,10H2,1-5H3. The van der Waals surface area contributed by atoms with Gasteiger partial charge in [0.2, 0.25) is 0 Å². The van der Waals surface area contributed by atoms with Crippen molar-refractivity contribution >= 4 is 0 Å². The van der Waals surface area contributed by atoms with Crippen molar-refractivity contribution in [3.05, 3.63) is 18.0 Å². The second kappa shape index (κ2) is 5.48. The molecular weight excluding hydrogens is 198 g/mol. The van der Waals surface area contributed by atoms with Gasteiger partial charge in [-0.25, -0.2) is 0 Å². The van der Waals surface area contributed by atoms with E-state index >= 15 is 0 Å². The normalized spacial score (nSPS) is 12.4. The Labute approximate surface area is 99.2 Å². The molecule has 0 spiro atoms. The highest BCUT2D eigenvalue weighted by molar-refractivity contribution is 5.02. The van der Waals surface area contributed by atoms with E-state index in [0.29, 0.717) is 5.41 Å². The third-order valence-electron chi connectivity index (χ3n) is 2.65. The van der Waals surface area contributed by atoms with E-state index in [2.05, 4.69) is 44.3 Å². The summed E-state index contributed by atoms with van der Waals surface area (Å²) in [5.74, 6) is 0.759. The van der Waals surface area contributed by atoms with Crippen LogP contribution in [0, 0.1) is 11.3 Å². The van der Waals surface area contributed by atoms with E-state index in [1.54, 1.807) is 0 Å². The van der Waals surface area contributed by atoms with Gasteiger partial charge >= 0.3 is 0 Å². The van der Waals surface area contributed by atoms with E-state index in [1.807, 2.05) is 17.9 Å². The lowest BCUT2D eigenvalue weighted by Crippen LogP contribution is -2.30. The molecule has 0 saturated carbocycles. The summed E-state index contributed by atoms with van der Waals surface area (Å²) in [7, 11) is 1.95. The zero-order valence-corrected chi connectivity index (χ0v) is 11.2. The molecule has 0 aliphatic heterocycles. The average molecular weight is 223 g/mol. The van der Waals surface area contributed by atoms with Crippen molar-refractivity contribution in [1.29, 1.82) is 0 Å². The first-order valence-corrected chi connectivity index (χ1v) is 6.07. The van der Waals surface area contributed by atoms with Gasteiger partial charge in [-0.15, -0.1) is 0 Å². The van der Waals surface area contributed by atoms with Crippen LogP contribution in [-0.2, 0) is 13.6 Å². The van der Waals surface area contributed by atoms with Crippen molar-refractivity contribution in [3.63, 3.8) is 0 Å². The third kappa shape index (κ3) is 4.79. The molecule has 16 heavy (non-hydrogen) atoms. The number of hydrogen-bond acceptors (Lipinski definition) is 2. The molecule has 1 N–H and O–H groups in total. The van der Waals surface area contributed by atoms with Crippen molar-refractivity contribution in [2.24, 2.45) is 18.4 Å². The van der Waals surface area contributed by atoms with E-state index < -0.39 is 0 Å². The number of nitrogens with one attached hydrogen (secondary N) is 1. The van der Waals surface area contributed by atoms with Gasteiger partial charge < -0.3 is 5.32 Å². The maximum atomic E-state index is 4.16. The van der Waals surface area contributed by atoms with E-state index in [1.165, 1.54) is 12.0 Å². The van der Waals surface area contributed by atoms with Crippen molar-refractivity contribution < 1.29 is 0 Å².